The van der Waals surface area contributed by atoms with Gasteiger partial charge in [-0.2, -0.15) is 4.31 Å². The number of benzene rings is 2. The summed E-state index contributed by atoms with van der Waals surface area (Å²) in [4.78, 5) is 37.1. The van der Waals surface area contributed by atoms with Crippen LogP contribution in [0.5, 0.6) is 11.5 Å². The second-order valence-electron chi connectivity index (χ2n) is 18.9. The Balaban J connectivity index is 0.000000444. The monoisotopic (exact) mass is 954 g/mol. The van der Waals surface area contributed by atoms with Crippen molar-refractivity contribution in [2.24, 2.45) is 28.4 Å². The van der Waals surface area contributed by atoms with Gasteiger partial charge >= 0.3 is 17.5 Å². The lowest BCUT2D eigenvalue weighted by atomic mass is 9.77. The van der Waals surface area contributed by atoms with E-state index in [4.69, 9.17) is 41.0 Å². The van der Waals surface area contributed by atoms with Gasteiger partial charge in [0.1, 0.15) is 6.10 Å². The van der Waals surface area contributed by atoms with Crippen LogP contribution in [0, 0.1) is 22.7 Å². The highest BCUT2D eigenvalue weighted by Crippen LogP contribution is 2.36. The Morgan fingerprint density at radius 3 is 2.23 bits per heavy atom. The van der Waals surface area contributed by atoms with Crippen LogP contribution < -0.4 is 25.8 Å². The van der Waals surface area contributed by atoms with Gasteiger partial charge in [-0.1, -0.05) is 71.9 Å². The average molecular weight is 956 g/mol. The lowest BCUT2D eigenvalue weighted by Crippen LogP contribution is -2.52. The van der Waals surface area contributed by atoms with E-state index in [9.17, 15) is 27.9 Å². The molecule has 0 saturated carbocycles. The van der Waals surface area contributed by atoms with Gasteiger partial charge in [0, 0.05) is 53.9 Å². The molecule has 0 aliphatic carbocycles. The molecule has 3 aliphatic rings. The number of ether oxygens (including phenoxy) is 5. The fraction of sp³-hybridized carbons (Fsp3) is 0.674. The minimum Gasteiger partial charge on any atom is -0.454 e. The molecule has 17 nitrogen and oxygen atoms in total. The number of halogens is 1. The Kier molecular flexibility index (Phi) is 22.0. The molecule has 65 heavy (non-hydrogen) atoms. The molecular formula is C46H75ClN6O11S. The van der Waals surface area contributed by atoms with E-state index in [1.165, 1.54) is 21.3 Å². The lowest BCUT2D eigenvalue weighted by molar-refractivity contribution is -0.0907. The first-order chi connectivity index (χ1) is 30.5. The summed E-state index contributed by atoms with van der Waals surface area (Å²) in [6.07, 6.45) is 1.74. The van der Waals surface area contributed by atoms with Gasteiger partial charge in [0.15, 0.2) is 17.8 Å². The van der Waals surface area contributed by atoms with Crippen LogP contribution in [0.25, 0.3) is 0 Å². The summed E-state index contributed by atoms with van der Waals surface area (Å²) in [5.74, 6) is 1.44. The number of nitrogens with two attached hydrogens (primary N) is 1. The first-order valence-corrected chi connectivity index (χ1v) is 24.1. The number of fused-ring (bicyclic) bond motifs is 2. The summed E-state index contributed by atoms with van der Waals surface area (Å²) >= 11 is 4.90. The van der Waals surface area contributed by atoms with Crippen molar-refractivity contribution in [3.05, 3.63) is 54.1 Å². The van der Waals surface area contributed by atoms with Crippen LogP contribution in [-0.2, 0) is 30.7 Å². The number of urea groups is 1. The van der Waals surface area contributed by atoms with Crippen LogP contribution >= 0.6 is 11.6 Å². The molecule has 4 amide bonds. The Morgan fingerprint density at radius 2 is 1.62 bits per heavy atom. The Hall–Kier alpha value is -3.91. The standard InChI is InChI=1S/C31H43N3O9S.C12H26N2O.C3H6ClNO/c1-31(2,12-6-13-32)19-34(44(37,38)22-9-10-26-27(16-22)42-20-41-26)17-25(35)24(15-21-7-4-3-5-8-21)33-30(36)43-28-18-40-29-23(28)11-14-39-29;1-10(2)12(3,4)8-7-9-13-11(15)14(5)6;1-5(2)3(4)6/h3-5,7-10,16,23-25,28-29,35H,6,11-15,17-20,32H2,1-2H3,(H,33,36);10H,7-9H2,1-6H3,(H,13,15);1-2H3/t23?,24-,25?,28?,29?;;/m0../s1. The Morgan fingerprint density at radius 1 is 0.954 bits per heavy atom. The molecule has 0 aromatic heterocycles. The van der Waals surface area contributed by atoms with Gasteiger partial charge in [0.2, 0.25) is 16.8 Å². The van der Waals surface area contributed by atoms with Crippen molar-refractivity contribution in [3.63, 3.8) is 0 Å². The van der Waals surface area contributed by atoms with Crippen molar-refractivity contribution < 1.29 is 51.6 Å². The van der Waals surface area contributed by atoms with Crippen LogP contribution in [0.3, 0.4) is 0 Å². The van der Waals surface area contributed by atoms with E-state index in [1.807, 2.05) is 44.2 Å². The van der Waals surface area contributed by atoms with E-state index in [2.05, 4.69) is 38.3 Å². The number of rotatable bonds is 19. The fourth-order valence-corrected chi connectivity index (χ4v) is 8.78. The molecule has 2 aromatic carbocycles. The highest BCUT2D eigenvalue weighted by molar-refractivity contribution is 7.89. The van der Waals surface area contributed by atoms with Crippen molar-refractivity contribution in [2.45, 2.75) is 110 Å². The van der Waals surface area contributed by atoms with Gasteiger partial charge in [-0.3, -0.25) is 4.79 Å². The molecule has 368 valence electrons. The maximum absolute atomic E-state index is 14.1. The van der Waals surface area contributed by atoms with E-state index in [-0.39, 0.29) is 56.0 Å². The van der Waals surface area contributed by atoms with E-state index in [1.54, 1.807) is 39.2 Å². The van der Waals surface area contributed by atoms with E-state index < -0.39 is 45.1 Å². The summed E-state index contributed by atoms with van der Waals surface area (Å²) < 4.78 is 57.1. The predicted octanol–water partition coefficient (Wildman–Crippen LogP) is 6.26. The van der Waals surface area contributed by atoms with E-state index >= 15 is 0 Å². The molecule has 2 fully saturated rings. The van der Waals surface area contributed by atoms with Crippen molar-refractivity contribution in [2.75, 3.05) is 74.4 Å². The second-order valence-corrected chi connectivity index (χ2v) is 21.1. The number of hydrogen-bond donors (Lipinski definition) is 4. The minimum atomic E-state index is -4.11. The predicted molar refractivity (Wildman–Crippen MR) is 250 cm³/mol. The molecule has 3 aliphatic heterocycles. The summed E-state index contributed by atoms with van der Waals surface area (Å²) in [6.45, 7) is 14.9. The maximum Gasteiger partial charge on any atom is 0.407 e. The second kappa shape index (κ2) is 25.9. The molecule has 5 atom stereocenters. The first kappa shape index (κ1) is 55.4. The summed E-state index contributed by atoms with van der Waals surface area (Å²) in [5.41, 5.74) is 6.53. The van der Waals surface area contributed by atoms with Gasteiger partial charge in [-0.25, -0.2) is 18.0 Å². The van der Waals surface area contributed by atoms with Crippen LogP contribution in [0.15, 0.2) is 53.4 Å². The van der Waals surface area contributed by atoms with Crippen molar-refractivity contribution in [1.82, 2.24) is 24.7 Å². The summed E-state index contributed by atoms with van der Waals surface area (Å²) in [7, 11) is 2.59. The first-order valence-electron chi connectivity index (χ1n) is 22.3. The topological polar surface area (TPSA) is 212 Å². The number of hydrogen-bond acceptors (Lipinski definition) is 12. The lowest BCUT2D eigenvalue weighted by Gasteiger charge is -2.35. The number of nitrogens with zero attached hydrogens (tertiary/aromatic N) is 3. The Bertz CT molecular complexity index is 1900. The molecule has 2 saturated heterocycles. The number of carbonyl (C=O) groups is 3. The third-order valence-electron chi connectivity index (χ3n) is 11.9. The zero-order valence-electron chi connectivity index (χ0n) is 40.0. The largest absolute Gasteiger partial charge is 0.454 e. The molecule has 5 N–H and O–H groups in total. The van der Waals surface area contributed by atoms with Crippen LogP contribution in [0.4, 0.5) is 14.4 Å². The molecule has 5 rings (SSSR count). The van der Waals surface area contributed by atoms with Crippen LogP contribution in [0.2, 0.25) is 0 Å². The fourth-order valence-electron chi connectivity index (χ4n) is 7.11. The van der Waals surface area contributed by atoms with Crippen molar-refractivity contribution in [1.29, 1.82) is 0 Å². The Labute approximate surface area is 392 Å². The van der Waals surface area contributed by atoms with Gasteiger partial charge in [-0.05, 0) is 91.1 Å². The van der Waals surface area contributed by atoms with Gasteiger partial charge in [0.25, 0.3) is 0 Å². The smallest absolute Gasteiger partial charge is 0.407 e. The van der Waals surface area contributed by atoms with Gasteiger partial charge < -0.3 is 55.0 Å². The number of carbonyl (C=O) groups excluding carboxylic acids is 3. The number of alkyl carbamates (subject to hydrolysis) is 1. The SMILES string of the molecule is CC(C)(CCCN)CN(CC(O)[C@H](Cc1ccccc1)NC(=O)OC1COC2OCCC12)S(=O)(=O)c1ccc2c(c1)OCO2.CC(C)C(C)(C)CCCNC(=O)N(C)C.CN(C)C(=O)Cl. The molecule has 0 spiro atoms. The zero-order valence-corrected chi connectivity index (χ0v) is 41.6. The highest BCUT2D eigenvalue weighted by Gasteiger charge is 2.44. The number of aliphatic hydroxyl groups is 1. The third-order valence-corrected chi connectivity index (χ3v) is 14.1. The van der Waals surface area contributed by atoms with Gasteiger partial charge in [-0.15, -0.1) is 0 Å². The normalized spacial score (nSPS) is 18.7. The van der Waals surface area contributed by atoms with E-state index in [0.717, 1.165) is 37.8 Å². The zero-order chi connectivity index (χ0) is 48.5. The molecule has 19 heteroatoms. The summed E-state index contributed by atoms with van der Waals surface area (Å²) in [5, 5.41) is 16.9. The third kappa shape index (κ3) is 18.0. The number of nitrogens with one attached hydrogen (secondary N) is 2. The molecule has 4 unspecified atom stereocenters. The molecular weight excluding hydrogens is 880 g/mol. The van der Waals surface area contributed by atoms with Gasteiger partial charge in [0.05, 0.1) is 36.2 Å². The number of aliphatic hydroxyl groups excluding tert-OH is 1. The quantitative estimate of drug-likeness (QED) is 0.0699. The average Bonchev–Trinajstić information content (AvgIpc) is 4.01. The summed E-state index contributed by atoms with van der Waals surface area (Å²) in [6, 6.07) is 13.0. The van der Waals surface area contributed by atoms with E-state index in [0.29, 0.717) is 42.4 Å². The number of amides is 4. The number of sulfonamides is 1. The van der Waals surface area contributed by atoms with Crippen molar-refractivity contribution >= 4 is 39.1 Å². The molecule has 0 bridgehead atoms. The van der Waals surface area contributed by atoms with Crippen LogP contribution in [0.1, 0.15) is 79.2 Å². The van der Waals surface area contributed by atoms with Crippen molar-refractivity contribution in [3.8, 4) is 11.5 Å². The minimum absolute atomic E-state index is 0.00245. The molecule has 2 aromatic rings. The van der Waals surface area contributed by atoms with Crippen LogP contribution in [-0.4, -0.2) is 144 Å². The molecule has 0 radical (unpaired) electrons. The molecule has 3 heterocycles. The highest BCUT2D eigenvalue weighted by atomic mass is 35.5. The maximum atomic E-state index is 14.1.